The first kappa shape index (κ1) is 15.1. The van der Waals surface area contributed by atoms with Crippen molar-refractivity contribution in [2.75, 3.05) is 0 Å². The number of amides is 1. The Hall–Kier alpha value is -1.29. The zero-order chi connectivity index (χ0) is 14.5. The second-order valence-electron chi connectivity index (χ2n) is 6.15. The van der Waals surface area contributed by atoms with Gasteiger partial charge in [0.1, 0.15) is 5.76 Å². The molecule has 0 saturated heterocycles. The van der Waals surface area contributed by atoms with Gasteiger partial charge in [-0.2, -0.15) is 0 Å². The Kier molecular flexibility index (Phi) is 5.24. The summed E-state index contributed by atoms with van der Waals surface area (Å²) in [5, 5.41) is 6.36. The molecule has 1 heterocycles. The third-order valence-corrected chi connectivity index (χ3v) is 4.49. The molecule has 1 aromatic heterocycles. The molecule has 1 aliphatic carbocycles. The van der Waals surface area contributed by atoms with Gasteiger partial charge in [-0.3, -0.25) is 4.79 Å². The van der Waals surface area contributed by atoms with Crippen LogP contribution >= 0.6 is 0 Å². The van der Waals surface area contributed by atoms with Crippen molar-refractivity contribution >= 4 is 5.91 Å². The normalized spacial score (nSPS) is 28.1. The Morgan fingerprint density at radius 3 is 2.85 bits per heavy atom. The third-order valence-electron chi connectivity index (χ3n) is 4.49. The fraction of sp³-hybridized carbons (Fsp3) is 0.688. The Balaban J connectivity index is 1.73. The molecule has 0 spiro atoms. The zero-order valence-electron chi connectivity index (χ0n) is 12.7. The third kappa shape index (κ3) is 4.10. The van der Waals surface area contributed by atoms with Crippen molar-refractivity contribution in [2.24, 2.45) is 11.8 Å². The molecule has 2 N–H and O–H groups in total. The number of furan rings is 1. The molecule has 1 aliphatic rings. The number of rotatable bonds is 5. The largest absolute Gasteiger partial charge is 0.467 e. The second kappa shape index (κ2) is 6.93. The van der Waals surface area contributed by atoms with E-state index in [0.717, 1.165) is 24.0 Å². The summed E-state index contributed by atoms with van der Waals surface area (Å²) in [4.78, 5) is 12.0. The first-order valence-electron chi connectivity index (χ1n) is 7.62. The van der Waals surface area contributed by atoms with E-state index < -0.39 is 0 Å². The van der Waals surface area contributed by atoms with E-state index in [0.29, 0.717) is 12.6 Å². The van der Waals surface area contributed by atoms with Crippen LogP contribution < -0.4 is 10.6 Å². The highest BCUT2D eigenvalue weighted by Crippen LogP contribution is 2.29. The number of hydrogen-bond donors (Lipinski definition) is 2. The minimum absolute atomic E-state index is 0.0349. The summed E-state index contributed by atoms with van der Waals surface area (Å²) in [5.74, 6) is 2.36. The predicted octanol–water partition coefficient (Wildman–Crippen LogP) is 2.70. The molecule has 0 bridgehead atoms. The fourth-order valence-corrected chi connectivity index (χ4v) is 2.87. The molecule has 0 radical (unpaired) electrons. The van der Waals surface area contributed by atoms with Crippen LogP contribution in [0.5, 0.6) is 0 Å². The van der Waals surface area contributed by atoms with Crippen molar-refractivity contribution < 1.29 is 9.21 Å². The van der Waals surface area contributed by atoms with Crippen molar-refractivity contribution in [2.45, 2.75) is 58.7 Å². The summed E-state index contributed by atoms with van der Waals surface area (Å²) in [7, 11) is 0. The van der Waals surface area contributed by atoms with Crippen LogP contribution in [-0.2, 0) is 11.3 Å². The molecule has 4 unspecified atom stereocenters. The summed E-state index contributed by atoms with van der Waals surface area (Å²) in [6.07, 6.45) is 5.20. The van der Waals surface area contributed by atoms with Crippen molar-refractivity contribution in [3.8, 4) is 0 Å². The molecule has 0 aromatic carbocycles. The van der Waals surface area contributed by atoms with Crippen LogP contribution in [0.2, 0.25) is 0 Å². The number of nitrogens with one attached hydrogen (secondary N) is 2. The van der Waals surface area contributed by atoms with E-state index in [-0.39, 0.29) is 11.9 Å². The van der Waals surface area contributed by atoms with Crippen LogP contribution in [-0.4, -0.2) is 18.0 Å². The van der Waals surface area contributed by atoms with Crippen molar-refractivity contribution in [3.63, 3.8) is 0 Å². The fourth-order valence-electron chi connectivity index (χ4n) is 2.87. The standard InChI is InChI=1S/C16H26N2O2/c1-11-6-7-14(9-12(11)2)18-13(3)16(19)17-10-15-5-4-8-20-15/h4-5,8,11-14,18H,6-7,9-10H2,1-3H3,(H,17,19). The van der Waals surface area contributed by atoms with Gasteiger partial charge in [0, 0.05) is 6.04 Å². The lowest BCUT2D eigenvalue weighted by Crippen LogP contribution is -2.48. The van der Waals surface area contributed by atoms with Gasteiger partial charge in [0.2, 0.25) is 5.91 Å². The lowest BCUT2D eigenvalue weighted by Gasteiger charge is -2.34. The van der Waals surface area contributed by atoms with Crippen LogP contribution in [0.25, 0.3) is 0 Å². The maximum absolute atomic E-state index is 12.0. The molecule has 4 atom stereocenters. The Bertz CT molecular complexity index is 416. The molecule has 0 aliphatic heterocycles. The maximum atomic E-state index is 12.0. The highest BCUT2D eigenvalue weighted by atomic mass is 16.3. The maximum Gasteiger partial charge on any atom is 0.237 e. The molecule has 1 fully saturated rings. The molecule has 20 heavy (non-hydrogen) atoms. The van der Waals surface area contributed by atoms with Gasteiger partial charge in [-0.15, -0.1) is 0 Å². The first-order chi connectivity index (χ1) is 9.56. The van der Waals surface area contributed by atoms with Crippen LogP contribution in [0.15, 0.2) is 22.8 Å². The molecule has 4 nitrogen and oxygen atoms in total. The monoisotopic (exact) mass is 278 g/mol. The van der Waals surface area contributed by atoms with Gasteiger partial charge in [-0.05, 0) is 50.2 Å². The SMILES string of the molecule is CC(NC1CCC(C)C(C)C1)C(=O)NCc1ccco1. The molecule has 1 amide bonds. The summed E-state index contributed by atoms with van der Waals surface area (Å²) >= 11 is 0. The molecule has 2 rings (SSSR count). The van der Waals surface area contributed by atoms with Crippen LogP contribution in [0.3, 0.4) is 0 Å². The van der Waals surface area contributed by atoms with E-state index in [1.807, 2.05) is 19.1 Å². The van der Waals surface area contributed by atoms with E-state index in [1.165, 1.54) is 12.8 Å². The second-order valence-corrected chi connectivity index (χ2v) is 6.15. The predicted molar refractivity (Wildman–Crippen MR) is 79.1 cm³/mol. The minimum atomic E-state index is -0.157. The van der Waals surface area contributed by atoms with E-state index in [9.17, 15) is 4.79 Å². The quantitative estimate of drug-likeness (QED) is 0.870. The first-order valence-corrected chi connectivity index (χ1v) is 7.62. The number of carbonyl (C=O) groups excluding carboxylic acids is 1. The summed E-state index contributed by atoms with van der Waals surface area (Å²) in [6, 6.07) is 4.00. The molecule has 4 heteroatoms. The Labute approximate surface area is 121 Å². The number of carbonyl (C=O) groups is 1. The topological polar surface area (TPSA) is 54.3 Å². The van der Waals surface area contributed by atoms with E-state index >= 15 is 0 Å². The average Bonchev–Trinajstić information content (AvgIpc) is 2.93. The van der Waals surface area contributed by atoms with E-state index in [2.05, 4.69) is 24.5 Å². The molecular formula is C16H26N2O2. The van der Waals surface area contributed by atoms with Gasteiger partial charge < -0.3 is 15.1 Å². The van der Waals surface area contributed by atoms with E-state index in [1.54, 1.807) is 6.26 Å². The van der Waals surface area contributed by atoms with Gasteiger partial charge in [-0.25, -0.2) is 0 Å². The molecule has 112 valence electrons. The highest BCUT2D eigenvalue weighted by molar-refractivity contribution is 5.81. The van der Waals surface area contributed by atoms with E-state index in [4.69, 9.17) is 4.42 Å². The average molecular weight is 278 g/mol. The number of hydrogen-bond acceptors (Lipinski definition) is 3. The van der Waals surface area contributed by atoms with Gasteiger partial charge in [0.15, 0.2) is 0 Å². The molecule has 1 aromatic rings. The lowest BCUT2D eigenvalue weighted by atomic mass is 9.79. The smallest absolute Gasteiger partial charge is 0.237 e. The van der Waals surface area contributed by atoms with Crippen molar-refractivity contribution in [1.82, 2.24) is 10.6 Å². The Morgan fingerprint density at radius 1 is 1.40 bits per heavy atom. The zero-order valence-corrected chi connectivity index (χ0v) is 12.7. The van der Waals surface area contributed by atoms with Gasteiger partial charge in [-0.1, -0.05) is 13.8 Å². The summed E-state index contributed by atoms with van der Waals surface area (Å²) < 4.78 is 5.20. The van der Waals surface area contributed by atoms with Crippen LogP contribution in [0, 0.1) is 11.8 Å². The highest BCUT2D eigenvalue weighted by Gasteiger charge is 2.26. The van der Waals surface area contributed by atoms with Gasteiger partial charge in [0.25, 0.3) is 0 Å². The lowest BCUT2D eigenvalue weighted by molar-refractivity contribution is -0.123. The molecular weight excluding hydrogens is 252 g/mol. The van der Waals surface area contributed by atoms with Crippen LogP contribution in [0.4, 0.5) is 0 Å². The van der Waals surface area contributed by atoms with Gasteiger partial charge in [0.05, 0.1) is 18.8 Å². The van der Waals surface area contributed by atoms with Gasteiger partial charge >= 0.3 is 0 Å². The Morgan fingerprint density at radius 2 is 2.20 bits per heavy atom. The van der Waals surface area contributed by atoms with Crippen molar-refractivity contribution in [3.05, 3.63) is 24.2 Å². The molecule has 1 saturated carbocycles. The summed E-state index contributed by atoms with van der Waals surface area (Å²) in [5.41, 5.74) is 0. The minimum Gasteiger partial charge on any atom is -0.467 e. The summed E-state index contributed by atoms with van der Waals surface area (Å²) in [6.45, 7) is 7.01. The van der Waals surface area contributed by atoms with Crippen LogP contribution in [0.1, 0.15) is 45.8 Å². The van der Waals surface area contributed by atoms with Crippen molar-refractivity contribution in [1.29, 1.82) is 0 Å².